The van der Waals surface area contributed by atoms with E-state index in [2.05, 4.69) is 10.4 Å². The van der Waals surface area contributed by atoms with E-state index in [0.717, 1.165) is 4.68 Å². The molecule has 7 heteroatoms. The Kier molecular flexibility index (Phi) is 4.24. The van der Waals surface area contributed by atoms with Crippen molar-refractivity contribution in [3.63, 3.8) is 0 Å². The summed E-state index contributed by atoms with van der Waals surface area (Å²) in [6.07, 6.45) is 1.37. The quantitative estimate of drug-likeness (QED) is 0.682. The molecule has 1 heterocycles. The fourth-order valence-corrected chi connectivity index (χ4v) is 1.28. The lowest BCUT2D eigenvalue weighted by Crippen LogP contribution is -2.39. The Balaban J connectivity index is 2.52. The maximum atomic E-state index is 11.5. The molecule has 7 nitrogen and oxygen atoms in total. The van der Waals surface area contributed by atoms with Gasteiger partial charge in [-0.1, -0.05) is 0 Å². The molecule has 0 saturated heterocycles. The first kappa shape index (κ1) is 12.4. The Morgan fingerprint density at radius 3 is 2.88 bits per heavy atom. The Labute approximate surface area is 93.0 Å². The smallest absolute Gasteiger partial charge is 0.345 e. The zero-order valence-corrected chi connectivity index (χ0v) is 9.64. The first-order valence-electron chi connectivity index (χ1n) is 4.91. The number of nitrogens with one attached hydrogen (secondary N) is 1. The monoisotopic (exact) mass is 228 g/mol. The van der Waals surface area contributed by atoms with Gasteiger partial charge < -0.3 is 10.1 Å². The first-order valence-corrected chi connectivity index (χ1v) is 4.91. The number of methoxy groups -OCH3 is 1. The van der Waals surface area contributed by atoms with Crippen molar-refractivity contribution in [3.05, 3.63) is 16.8 Å². The Morgan fingerprint density at radius 2 is 2.38 bits per heavy atom. The van der Waals surface area contributed by atoms with Crippen molar-refractivity contribution in [3.8, 4) is 0 Å². The number of rotatable bonds is 5. The summed E-state index contributed by atoms with van der Waals surface area (Å²) in [7, 11) is 3.14. The van der Waals surface area contributed by atoms with E-state index in [1.165, 1.54) is 10.9 Å². The molecular formula is C9H16N4O3. The van der Waals surface area contributed by atoms with Crippen molar-refractivity contribution in [2.45, 2.75) is 19.5 Å². The minimum atomic E-state index is -0.311. The molecular weight excluding hydrogens is 212 g/mol. The second-order valence-electron chi connectivity index (χ2n) is 3.61. The van der Waals surface area contributed by atoms with E-state index in [9.17, 15) is 9.59 Å². The topological polar surface area (TPSA) is 78.2 Å². The molecule has 1 aromatic heterocycles. The second kappa shape index (κ2) is 5.45. The van der Waals surface area contributed by atoms with E-state index in [0.29, 0.717) is 6.61 Å². The summed E-state index contributed by atoms with van der Waals surface area (Å²) in [5.74, 6) is -0.259. The van der Waals surface area contributed by atoms with Gasteiger partial charge in [-0.25, -0.2) is 9.48 Å². The van der Waals surface area contributed by atoms with Gasteiger partial charge in [0.25, 0.3) is 0 Å². The Hall–Kier alpha value is -1.63. The first-order chi connectivity index (χ1) is 7.54. The lowest BCUT2D eigenvalue weighted by atomic mass is 10.3. The van der Waals surface area contributed by atoms with Gasteiger partial charge in [0.15, 0.2) is 0 Å². The van der Waals surface area contributed by atoms with Crippen LogP contribution in [0.25, 0.3) is 0 Å². The van der Waals surface area contributed by atoms with Crippen LogP contribution in [0.2, 0.25) is 0 Å². The number of hydrogen-bond donors (Lipinski definition) is 1. The van der Waals surface area contributed by atoms with Crippen LogP contribution in [-0.2, 0) is 23.1 Å². The molecule has 0 saturated carbocycles. The third-order valence-electron chi connectivity index (χ3n) is 2.00. The molecule has 0 aliphatic heterocycles. The van der Waals surface area contributed by atoms with Crippen LogP contribution in [-0.4, -0.2) is 40.0 Å². The van der Waals surface area contributed by atoms with Gasteiger partial charge in [-0.2, -0.15) is 5.10 Å². The fourth-order valence-electron chi connectivity index (χ4n) is 1.28. The number of nitrogens with zero attached hydrogens (tertiary/aromatic N) is 3. The molecule has 0 bridgehead atoms. The van der Waals surface area contributed by atoms with Crippen molar-refractivity contribution in [2.75, 3.05) is 13.7 Å². The van der Waals surface area contributed by atoms with Crippen molar-refractivity contribution in [1.29, 1.82) is 0 Å². The van der Waals surface area contributed by atoms with Crippen LogP contribution >= 0.6 is 0 Å². The average Bonchev–Trinajstić information content (AvgIpc) is 2.50. The van der Waals surface area contributed by atoms with E-state index >= 15 is 0 Å². The van der Waals surface area contributed by atoms with E-state index < -0.39 is 0 Å². The SMILES string of the molecule is COCC(C)NC(=O)Cn1ncn(C)c1=O. The van der Waals surface area contributed by atoms with E-state index in [1.807, 2.05) is 6.92 Å². The molecule has 1 amide bonds. The van der Waals surface area contributed by atoms with E-state index in [4.69, 9.17) is 4.74 Å². The average molecular weight is 228 g/mol. The van der Waals surface area contributed by atoms with Crippen molar-refractivity contribution in [2.24, 2.45) is 7.05 Å². The van der Waals surface area contributed by atoms with Gasteiger partial charge in [-0.05, 0) is 6.92 Å². The Morgan fingerprint density at radius 1 is 1.69 bits per heavy atom. The van der Waals surface area contributed by atoms with Gasteiger partial charge in [0, 0.05) is 20.2 Å². The molecule has 90 valence electrons. The fraction of sp³-hybridized carbons (Fsp3) is 0.667. The van der Waals surface area contributed by atoms with Crippen LogP contribution < -0.4 is 11.0 Å². The molecule has 0 radical (unpaired) electrons. The molecule has 1 atom stereocenters. The van der Waals surface area contributed by atoms with Gasteiger partial charge in [0.1, 0.15) is 12.9 Å². The molecule has 1 unspecified atom stereocenters. The van der Waals surface area contributed by atoms with Crippen LogP contribution in [0.3, 0.4) is 0 Å². The number of carbonyl (C=O) groups excluding carboxylic acids is 1. The third-order valence-corrected chi connectivity index (χ3v) is 2.00. The van der Waals surface area contributed by atoms with Crippen LogP contribution in [0, 0.1) is 0 Å². The zero-order chi connectivity index (χ0) is 12.1. The van der Waals surface area contributed by atoms with E-state index in [1.54, 1.807) is 14.2 Å². The highest BCUT2D eigenvalue weighted by molar-refractivity contribution is 5.75. The lowest BCUT2D eigenvalue weighted by molar-refractivity contribution is -0.122. The minimum absolute atomic E-state index is 0.0757. The van der Waals surface area contributed by atoms with Gasteiger partial charge in [0.05, 0.1) is 6.61 Å². The Bertz CT molecular complexity index is 409. The van der Waals surface area contributed by atoms with Crippen LogP contribution in [0.1, 0.15) is 6.92 Å². The maximum Gasteiger partial charge on any atom is 0.345 e. The number of aromatic nitrogens is 3. The largest absolute Gasteiger partial charge is 0.383 e. The second-order valence-corrected chi connectivity index (χ2v) is 3.61. The number of aryl methyl sites for hydroxylation is 1. The maximum absolute atomic E-state index is 11.5. The van der Waals surface area contributed by atoms with Gasteiger partial charge in [-0.3, -0.25) is 9.36 Å². The molecule has 0 aromatic carbocycles. The molecule has 1 N–H and O–H groups in total. The van der Waals surface area contributed by atoms with Gasteiger partial charge >= 0.3 is 5.69 Å². The summed E-state index contributed by atoms with van der Waals surface area (Å²) < 4.78 is 7.30. The molecule has 1 rings (SSSR count). The molecule has 0 aliphatic carbocycles. The normalized spacial score (nSPS) is 12.4. The molecule has 0 aliphatic rings. The highest BCUT2D eigenvalue weighted by atomic mass is 16.5. The zero-order valence-electron chi connectivity index (χ0n) is 9.64. The van der Waals surface area contributed by atoms with Crippen molar-refractivity contribution < 1.29 is 9.53 Å². The summed E-state index contributed by atoms with van der Waals surface area (Å²) in [6.45, 7) is 2.18. The predicted molar refractivity (Wildman–Crippen MR) is 56.9 cm³/mol. The summed E-state index contributed by atoms with van der Waals surface area (Å²) in [5, 5.41) is 6.48. The molecule has 0 spiro atoms. The minimum Gasteiger partial charge on any atom is -0.383 e. The number of hydrogen-bond acceptors (Lipinski definition) is 4. The van der Waals surface area contributed by atoms with Crippen LogP contribution in [0.15, 0.2) is 11.1 Å². The van der Waals surface area contributed by atoms with Crippen LogP contribution in [0.4, 0.5) is 0 Å². The van der Waals surface area contributed by atoms with E-state index in [-0.39, 0.29) is 24.2 Å². The summed E-state index contributed by atoms with van der Waals surface area (Å²) >= 11 is 0. The summed E-state index contributed by atoms with van der Waals surface area (Å²) in [6, 6.07) is -0.0862. The van der Waals surface area contributed by atoms with Gasteiger partial charge in [0.2, 0.25) is 5.91 Å². The van der Waals surface area contributed by atoms with Crippen molar-refractivity contribution >= 4 is 5.91 Å². The summed E-state index contributed by atoms with van der Waals surface area (Å²) in [5.41, 5.74) is -0.311. The molecule has 0 fully saturated rings. The number of ether oxygens (including phenoxy) is 1. The van der Waals surface area contributed by atoms with Crippen LogP contribution in [0.5, 0.6) is 0 Å². The predicted octanol–water partition coefficient (Wildman–Crippen LogP) is -1.27. The standard InChI is InChI=1S/C9H16N4O3/c1-7(5-16-3)11-8(14)4-13-9(15)12(2)6-10-13/h6-7H,4-5H2,1-3H3,(H,11,14). The summed E-state index contributed by atoms with van der Waals surface area (Å²) in [4.78, 5) is 22.9. The number of amides is 1. The molecule has 16 heavy (non-hydrogen) atoms. The van der Waals surface area contributed by atoms with Crippen molar-refractivity contribution in [1.82, 2.24) is 19.7 Å². The number of carbonyl (C=O) groups is 1. The lowest BCUT2D eigenvalue weighted by Gasteiger charge is -2.12. The molecule has 1 aromatic rings. The third kappa shape index (κ3) is 3.20. The van der Waals surface area contributed by atoms with Gasteiger partial charge in [-0.15, -0.1) is 0 Å². The highest BCUT2D eigenvalue weighted by Crippen LogP contribution is 1.84. The highest BCUT2D eigenvalue weighted by Gasteiger charge is 2.10.